The number of piperidine rings is 1. The molecule has 1 atom stereocenters. The van der Waals surface area contributed by atoms with Crippen LogP contribution in [0.2, 0.25) is 0 Å². The summed E-state index contributed by atoms with van der Waals surface area (Å²) < 4.78 is 1.54. The van der Waals surface area contributed by atoms with E-state index in [0.29, 0.717) is 24.3 Å². The number of hydrogen-bond donors (Lipinski definition) is 1. The molecule has 1 unspecified atom stereocenters. The van der Waals surface area contributed by atoms with Crippen molar-refractivity contribution in [3.63, 3.8) is 0 Å². The lowest BCUT2D eigenvalue weighted by molar-refractivity contribution is -0.384. The van der Waals surface area contributed by atoms with Gasteiger partial charge in [0, 0.05) is 37.5 Å². The molecule has 0 saturated carbocycles. The van der Waals surface area contributed by atoms with Crippen LogP contribution in [0.4, 0.5) is 5.69 Å². The molecule has 0 radical (unpaired) electrons. The maximum Gasteiger partial charge on any atom is 0.269 e. The summed E-state index contributed by atoms with van der Waals surface area (Å²) in [6.07, 6.45) is 6.17. The van der Waals surface area contributed by atoms with Gasteiger partial charge in [0.25, 0.3) is 11.6 Å². The van der Waals surface area contributed by atoms with Gasteiger partial charge in [-0.05, 0) is 31.4 Å². The standard InChI is InChI=1S/C16H19N5O3.ClH/c17-9-15-3-1-2-8-19(15)16(22)12-10-18-20(11-12)13-4-6-14(7-5-13)21(23)24;/h4-7,10-11,15H,1-3,8-9,17H2;1H. The first-order chi connectivity index (χ1) is 11.6. The molecule has 1 aliphatic heterocycles. The molecular weight excluding hydrogens is 346 g/mol. The molecule has 1 saturated heterocycles. The average Bonchev–Trinajstić information content (AvgIpc) is 3.11. The van der Waals surface area contributed by atoms with Gasteiger partial charge in [-0.3, -0.25) is 14.9 Å². The number of rotatable bonds is 4. The van der Waals surface area contributed by atoms with Crippen molar-refractivity contribution < 1.29 is 9.72 Å². The molecule has 0 spiro atoms. The number of benzene rings is 1. The summed E-state index contributed by atoms with van der Waals surface area (Å²) in [7, 11) is 0. The van der Waals surface area contributed by atoms with Crippen LogP contribution in [0.3, 0.4) is 0 Å². The number of hydrogen-bond acceptors (Lipinski definition) is 5. The molecule has 1 fully saturated rings. The Balaban J connectivity index is 0.00000225. The summed E-state index contributed by atoms with van der Waals surface area (Å²) in [5.74, 6) is -0.0710. The van der Waals surface area contributed by atoms with Crippen molar-refractivity contribution in [2.75, 3.05) is 13.1 Å². The van der Waals surface area contributed by atoms with Crippen LogP contribution in [0.15, 0.2) is 36.7 Å². The van der Waals surface area contributed by atoms with Crippen LogP contribution in [0.25, 0.3) is 5.69 Å². The molecule has 1 amide bonds. The largest absolute Gasteiger partial charge is 0.334 e. The number of nitro groups is 1. The van der Waals surface area contributed by atoms with Gasteiger partial charge < -0.3 is 10.6 Å². The summed E-state index contributed by atoms with van der Waals surface area (Å²) in [5, 5.41) is 14.9. The summed E-state index contributed by atoms with van der Waals surface area (Å²) in [4.78, 5) is 24.8. The second-order valence-corrected chi connectivity index (χ2v) is 5.83. The minimum absolute atomic E-state index is 0. The maximum absolute atomic E-state index is 12.7. The normalized spacial score (nSPS) is 17.0. The van der Waals surface area contributed by atoms with Crippen molar-refractivity contribution >= 4 is 24.0 Å². The van der Waals surface area contributed by atoms with Gasteiger partial charge in [0.1, 0.15) is 0 Å². The van der Waals surface area contributed by atoms with E-state index in [1.165, 1.54) is 18.3 Å². The number of nitrogens with two attached hydrogens (primary N) is 1. The van der Waals surface area contributed by atoms with Gasteiger partial charge in [0.05, 0.1) is 22.4 Å². The molecule has 2 N–H and O–H groups in total. The predicted octanol–water partition coefficient (Wildman–Crippen LogP) is 2.16. The lowest BCUT2D eigenvalue weighted by Crippen LogP contribution is -2.47. The Morgan fingerprint density at radius 3 is 2.68 bits per heavy atom. The zero-order chi connectivity index (χ0) is 17.1. The predicted molar refractivity (Wildman–Crippen MR) is 95.2 cm³/mol. The fourth-order valence-corrected chi connectivity index (χ4v) is 2.98. The zero-order valence-electron chi connectivity index (χ0n) is 13.6. The molecule has 134 valence electrons. The fraction of sp³-hybridized carbons (Fsp3) is 0.375. The lowest BCUT2D eigenvalue weighted by Gasteiger charge is -2.34. The van der Waals surface area contributed by atoms with Crippen LogP contribution in [0.5, 0.6) is 0 Å². The summed E-state index contributed by atoms with van der Waals surface area (Å²) in [6.45, 7) is 1.17. The molecule has 2 heterocycles. The SMILES string of the molecule is Cl.NCC1CCCCN1C(=O)c1cnn(-c2ccc([N+](=O)[O-])cc2)c1. The van der Waals surface area contributed by atoms with Crippen LogP contribution in [0, 0.1) is 10.1 Å². The number of halogens is 1. The van der Waals surface area contributed by atoms with E-state index in [4.69, 9.17) is 5.73 Å². The van der Waals surface area contributed by atoms with E-state index >= 15 is 0 Å². The monoisotopic (exact) mass is 365 g/mol. The molecule has 9 heteroatoms. The highest BCUT2D eigenvalue weighted by atomic mass is 35.5. The molecular formula is C16H20ClN5O3. The number of non-ortho nitro benzene ring substituents is 1. The second-order valence-electron chi connectivity index (χ2n) is 5.83. The Morgan fingerprint density at radius 2 is 2.04 bits per heavy atom. The van der Waals surface area contributed by atoms with Crippen molar-refractivity contribution in [1.82, 2.24) is 14.7 Å². The molecule has 25 heavy (non-hydrogen) atoms. The van der Waals surface area contributed by atoms with E-state index < -0.39 is 4.92 Å². The molecule has 3 rings (SSSR count). The van der Waals surface area contributed by atoms with Gasteiger partial charge in [-0.15, -0.1) is 12.4 Å². The van der Waals surface area contributed by atoms with E-state index in [2.05, 4.69) is 5.10 Å². The molecule has 2 aromatic rings. The van der Waals surface area contributed by atoms with E-state index in [1.807, 2.05) is 4.90 Å². The van der Waals surface area contributed by atoms with Gasteiger partial charge in [-0.25, -0.2) is 4.68 Å². The third-order valence-corrected chi connectivity index (χ3v) is 4.31. The van der Waals surface area contributed by atoms with Gasteiger partial charge in [0.2, 0.25) is 0 Å². The van der Waals surface area contributed by atoms with Crippen molar-refractivity contribution in [3.8, 4) is 5.69 Å². The molecule has 0 bridgehead atoms. The third-order valence-electron chi connectivity index (χ3n) is 4.31. The Bertz CT molecular complexity index is 746. The van der Waals surface area contributed by atoms with Crippen molar-refractivity contribution in [3.05, 3.63) is 52.3 Å². The summed E-state index contributed by atoms with van der Waals surface area (Å²) >= 11 is 0. The van der Waals surface area contributed by atoms with Crippen molar-refractivity contribution in [1.29, 1.82) is 0 Å². The van der Waals surface area contributed by atoms with Crippen LogP contribution >= 0.6 is 12.4 Å². The molecule has 1 aromatic heterocycles. The molecule has 0 aliphatic carbocycles. The van der Waals surface area contributed by atoms with Crippen LogP contribution in [-0.4, -0.2) is 44.6 Å². The van der Waals surface area contributed by atoms with Crippen LogP contribution in [0.1, 0.15) is 29.6 Å². The highest BCUT2D eigenvalue weighted by Gasteiger charge is 2.27. The number of carbonyl (C=O) groups is 1. The average molecular weight is 366 g/mol. The van der Waals surface area contributed by atoms with Gasteiger partial charge >= 0.3 is 0 Å². The lowest BCUT2D eigenvalue weighted by atomic mass is 10.0. The highest BCUT2D eigenvalue weighted by Crippen LogP contribution is 2.20. The van der Waals surface area contributed by atoms with E-state index in [0.717, 1.165) is 19.3 Å². The number of nitro benzene ring substituents is 1. The van der Waals surface area contributed by atoms with Crippen molar-refractivity contribution in [2.45, 2.75) is 25.3 Å². The van der Waals surface area contributed by atoms with Crippen molar-refractivity contribution in [2.24, 2.45) is 5.73 Å². The second kappa shape index (κ2) is 8.09. The minimum atomic E-state index is -0.453. The number of amides is 1. The van der Waals surface area contributed by atoms with Gasteiger partial charge in [-0.2, -0.15) is 5.10 Å². The third kappa shape index (κ3) is 3.97. The number of aromatic nitrogens is 2. The first-order valence-electron chi connectivity index (χ1n) is 7.90. The van der Waals surface area contributed by atoms with Gasteiger partial charge in [0.15, 0.2) is 0 Å². The number of likely N-dealkylation sites (tertiary alicyclic amines) is 1. The van der Waals surface area contributed by atoms with E-state index in [9.17, 15) is 14.9 Å². The summed E-state index contributed by atoms with van der Waals surface area (Å²) in [5.41, 5.74) is 6.94. The highest BCUT2D eigenvalue weighted by molar-refractivity contribution is 5.94. The Hall–Kier alpha value is -2.45. The van der Waals surface area contributed by atoms with Gasteiger partial charge in [-0.1, -0.05) is 0 Å². The minimum Gasteiger partial charge on any atom is -0.334 e. The maximum atomic E-state index is 12.7. The Morgan fingerprint density at radius 1 is 1.32 bits per heavy atom. The number of carbonyl (C=O) groups excluding carboxylic acids is 1. The Kier molecular flexibility index (Phi) is 6.11. The first-order valence-corrected chi connectivity index (χ1v) is 7.90. The molecule has 1 aromatic carbocycles. The first kappa shape index (κ1) is 18.9. The fourth-order valence-electron chi connectivity index (χ4n) is 2.98. The summed E-state index contributed by atoms with van der Waals surface area (Å²) in [6, 6.07) is 6.10. The van der Waals surface area contributed by atoms with Crippen LogP contribution in [-0.2, 0) is 0 Å². The zero-order valence-corrected chi connectivity index (χ0v) is 14.4. The van der Waals surface area contributed by atoms with Crippen LogP contribution < -0.4 is 5.73 Å². The molecule has 8 nitrogen and oxygen atoms in total. The topological polar surface area (TPSA) is 107 Å². The molecule has 1 aliphatic rings. The Labute approximate surface area is 151 Å². The smallest absolute Gasteiger partial charge is 0.269 e. The van der Waals surface area contributed by atoms with E-state index in [-0.39, 0.29) is 30.0 Å². The quantitative estimate of drug-likeness (QED) is 0.659. The number of nitrogens with zero attached hydrogens (tertiary/aromatic N) is 4. The van der Waals surface area contributed by atoms with E-state index in [1.54, 1.807) is 23.0 Å².